The Bertz CT molecular complexity index is 1280. The number of carboxylic acids is 1. The summed E-state index contributed by atoms with van der Waals surface area (Å²) >= 11 is -2.42. The predicted octanol–water partition coefficient (Wildman–Crippen LogP) is 0.981. The maximum Gasteiger partial charge on any atom is 0.328 e. The third-order valence-electron chi connectivity index (χ3n) is 5.98. The third kappa shape index (κ3) is 10.0. The smallest absolute Gasteiger partial charge is 0.328 e. The largest absolute Gasteiger partial charge is 0.755 e. The number of carbonyl (C=O) groups is 3. The van der Waals surface area contributed by atoms with Gasteiger partial charge in [0.15, 0.2) is 12.3 Å². The first-order valence-corrected chi connectivity index (χ1v) is 13.8. The fourth-order valence-corrected chi connectivity index (χ4v) is 4.36. The van der Waals surface area contributed by atoms with E-state index in [2.05, 4.69) is 30.1 Å². The number of hydrogen-bond donors (Lipinski definition) is 2. The highest BCUT2D eigenvalue weighted by molar-refractivity contribution is 7.80. The van der Waals surface area contributed by atoms with E-state index < -0.39 is 29.5 Å². The average molecular weight is 592 g/mol. The van der Waals surface area contributed by atoms with E-state index in [4.69, 9.17) is 4.74 Å². The zero-order valence-electron chi connectivity index (χ0n) is 22.3. The summed E-state index contributed by atoms with van der Waals surface area (Å²) in [6.45, 7) is 3.68. The zero-order valence-corrected chi connectivity index (χ0v) is 23.1. The summed E-state index contributed by atoms with van der Waals surface area (Å²) in [5.74, 6) is -1.14. The standard InChI is InChI=1S/C24H32N8O8S/c1-2-3-23(40-17-34)32-15-21(26-29-32)13-30(10-8-18-4-6-19(7-5-18)27-41(37)38)12-20-14-31(28-25-20)22(24(35)36)9-11-39-16-33/h4-7,14-17,22-23,27H,2-3,8-13H2,1H3,(H,35,36)(H,37,38)/p-1/t22-,23+/m0/s1. The molecular formula is C24H31N8O8S-. The highest BCUT2D eigenvalue weighted by atomic mass is 32.2. The van der Waals surface area contributed by atoms with Crippen LogP contribution in [0.1, 0.15) is 55.4 Å². The molecule has 0 aliphatic rings. The molecule has 2 aromatic heterocycles. The van der Waals surface area contributed by atoms with Crippen molar-refractivity contribution < 1.29 is 37.7 Å². The Morgan fingerprint density at radius 2 is 1.76 bits per heavy atom. The maximum atomic E-state index is 11.7. The molecule has 0 radical (unpaired) electrons. The minimum Gasteiger partial charge on any atom is -0.755 e. The van der Waals surface area contributed by atoms with Crippen molar-refractivity contribution in [3.8, 4) is 0 Å². The van der Waals surface area contributed by atoms with Gasteiger partial charge in [-0.1, -0.05) is 35.9 Å². The Labute approximate surface area is 238 Å². The molecule has 17 heteroatoms. The van der Waals surface area contributed by atoms with Crippen LogP contribution < -0.4 is 4.72 Å². The Kier molecular flexibility index (Phi) is 12.3. The second kappa shape index (κ2) is 16.1. The molecule has 0 saturated heterocycles. The van der Waals surface area contributed by atoms with E-state index in [1.807, 2.05) is 24.0 Å². The number of carbonyl (C=O) groups excluding carboxylic acids is 2. The lowest BCUT2D eigenvalue weighted by Gasteiger charge is -2.20. The number of hydrogen-bond acceptors (Lipinski definition) is 12. The van der Waals surface area contributed by atoms with Crippen LogP contribution in [0.2, 0.25) is 0 Å². The lowest BCUT2D eigenvalue weighted by atomic mass is 10.1. The SMILES string of the molecule is CCC[C@@H](OC=O)n1cc(CN(CCc2ccc(NS(=O)[O-])cc2)Cc2cn([C@@H](CCOC=O)C(=O)O)nn2)nn1. The van der Waals surface area contributed by atoms with Crippen LogP contribution in [0.3, 0.4) is 0 Å². The number of ether oxygens (including phenoxy) is 2. The van der Waals surface area contributed by atoms with Gasteiger partial charge in [0.25, 0.3) is 12.9 Å². The van der Waals surface area contributed by atoms with E-state index in [0.717, 1.165) is 12.0 Å². The molecule has 0 bridgehead atoms. The molecule has 1 unspecified atom stereocenters. The van der Waals surface area contributed by atoms with Crippen LogP contribution in [0.4, 0.5) is 5.69 Å². The summed E-state index contributed by atoms with van der Waals surface area (Å²) in [7, 11) is 0. The maximum absolute atomic E-state index is 11.7. The Hall–Kier alpha value is -4.22. The molecule has 2 N–H and O–H groups in total. The topological polar surface area (TPSA) is 207 Å². The van der Waals surface area contributed by atoms with Crippen molar-refractivity contribution in [1.29, 1.82) is 0 Å². The second-order valence-corrected chi connectivity index (χ2v) is 9.63. The van der Waals surface area contributed by atoms with E-state index in [-0.39, 0.29) is 19.5 Å². The molecule has 0 spiro atoms. The van der Waals surface area contributed by atoms with Gasteiger partial charge in [0, 0.05) is 49.4 Å². The molecule has 41 heavy (non-hydrogen) atoms. The van der Waals surface area contributed by atoms with Gasteiger partial charge >= 0.3 is 5.97 Å². The van der Waals surface area contributed by atoms with Crippen LogP contribution in [0, 0.1) is 0 Å². The van der Waals surface area contributed by atoms with Crippen LogP contribution in [0.25, 0.3) is 0 Å². The van der Waals surface area contributed by atoms with Crippen molar-refractivity contribution in [3.05, 3.63) is 53.6 Å². The summed E-state index contributed by atoms with van der Waals surface area (Å²) < 4.78 is 36.5. The van der Waals surface area contributed by atoms with Gasteiger partial charge < -0.3 is 23.9 Å². The number of benzene rings is 1. The molecule has 0 amide bonds. The molecule has 1 aromatic carbocycles. The van der Waals surface area contributed by atoms with Crippen LogP contribution in [-0.2, 0) is 54.6 Å². The molecular weight excluding hydrogens is 560 g/mol. The molecule has 3 aromatic rings. The minimum atomic E-state index is -2.42. The monoisotopic (exact) mass is 591 g/mol. The molecule has 16 nitrogen and oxygen atoms in total. The lowest BCUT2D eigenvalue weighted by Crippen LogP contribution is -2.26. The Balaban J connectivity index is 1.75. The minimum absolute atomic E-state index is 0.0241. The third-order valence-corrected chi connectivity index (χ3v) is 6.39. The van der Waals surface area contributed by atoms with Gasteiger partial charge in [0.05, 0.1) is 30.4 Å². The van der Waals surface area contributed by atoms with E-state index >= 15 is 0 Å². The van der Waals surface area contributed by atoms with Crippen LogP contribution in [0.15, 0.2) is 36.7 Å². The van der Waals surface area contributed by atoms with Crippen molar-refractivity contribution in [2.45, 2.75) is 58.0 Å². The predicted molar refractivity (Wildman–Crippen MR) is 141 cm³/mol. The quantitative estimate of drug-likeness (QED) is 0.107. The summed E-state index contributed by atoms with van der Waals surface area (Å²) in [6, 6.07) is 5.88. The van der Waals surface area contributed by atoms with Crippen LogP contribution >= 0.6 is 0 Å². The highest BCUT2D eigenvalue weighted by Crippen LogP contribution is 2.17. The number of aromatic nitrogens is 6. The van der Waals surface area contributed by atoms with Gasteiger partial charge in [-0.2, -0.15) is 0 Å². The second-order valence-electron chi connectivity index (χ2n) is 8.96. The van der Waals surface area contributed by atoms with Crippen molar-refractivity contribution in [3.63, 3.8) is 0 Å². The van der Waals surface area contributed by atoms with Gasteiger partial charge in [-0.05, 0) is 24.1 Å². The van der Waals surface area contributed by atoms with E-state index in [1.165, 1.54) is 15.6 Å². The summed E-state index contributed by atoms with van der Waals surface area (Å²) in [5, 5.41) is 26.0. The number of anilines is 1. The summed E-state index contributed by atoms with van der Waals surface area (Å²) in [6.07, 6.45) is 4.62. The Morgan fingerprint density at radius 3 is 2.34 bits per heavy atom. The number of aliphatic carboxylic acids is 1. The molecule has 0 fully saturated rings. The molecule has 2 heterocycles. The van der Waals surface area contributed by atoms with E-state index in [1.54, 1.807) is 18.3 Å². The van der Waals surface area contributed by atoms with Crippen molar-refractivity contribution >= 4 is 35.9 Å². The summed E-state index contributed by atoms with van der Waals surface area (Å²) in [5.41, 5.74) is 2.51. The first-order valence-electron chi connectivity index (χ1n) is 12.7. The normalized spacial score (nSPS) is 13.3. The molecule has 0 aliphatic carbocycles. The zero-order chi connectivity index (χ0) is 29.6. The lowest BCUT2D eigenvalue weighted by molar-refractivity contribution is -0.143. The van der Waals surface area contributed by atoms with Gasteiger partial charge in [-0.3, -0.25) is 18.7 Å². The molecule has 0 saturated carbocycles. The van der Waals surface area contributed by atoms with E-state index in [0.29, 0.717) is 56.0 Å². The van der Waals surface area contributed by atoms with Gasteiger partial charge in [0.2, 0.25) is 0 Å². The van der Waals surface area contributed by atoms with Crippen molar-refractivity contribution in [1.82, 2.24) is 34.9 Å². The number of nitrogens with one attached hydrogen (secondary N) is 1. The van der Waals surface area contributed by atoms with Crippen molar-refractivity contribution in [2.24, 2.45) is 0 Å². The molecule has 3 atom stereocenters. The number of carboxylic acid groups (broad SMARTS) is 1. The number of nitrogens with zero attached hydrogens (tertiary/aromatic N) is 7. The number of rotatable bonds is 20. The van der Waals surface area contributed by atoms with E-state index in [9.17, 15) is 28.3 Å². The van der Waals surface area contributed by atoms with Gasteiger partial charge in [-0.15, -0.1) is 10.2 Å². The van der Waals surface area contributed by atoms with Crippen LogP contribution in [-0.4, -0.2) is 80.8 Å². The highest BCUT2D eigenvalue weighted by Gasteiger charge is 2.22. The Morgan fingerprint density at radius 1 is 1.10 bits per heavy atom. The van der Waals surface area contributed by atoms with Crippen LogP contribution in [0.5, 0.6) is 0 Å². The average Bonchev–Trinajstić information content (AvgIpc) is 3.60. The fourth-order valence-electron chi connectivity index (χ4n) is 4.03. The molecule has 3 rings (SSSR count). The molecule has 222 valence electrons. The van der Waals surface area contributed by atoms with Gasteiger partial charge in [0.1, 0.15) is 0 Å². The molecule has 0 aliphatic heterocycles. The first-order chi connectivity index (χ1) is 19.8. The van der Waals surface area contributed by atoms with Crippen molar-refractivity contribution in [2.75, 3.05) is 17.9 Å². The fraction of sp³-hybridized carbons (Fsp3) is 0.458. The van der Waals surface area contributed by atoms with Gasteiger partial charge in [-0.25, -0.2) is 14.2 Å². The first kappa shape index (κ1) is 31.3. The summed E-state index contributed by atoms with van der Waals surface area (Å²) in [4.78, 5) is 35.1.